The first-order chi connectivity index (χ1) is 7.53. The third-order valence-electron chi connectivity index (χ3n) is 3.73. The van der Waals surface area contributed by atoms with Gasteiger partial charge in [-0.2, -0.15) is 0 Å². The zero-order valence-corrected chi connectivity index (χ0v) is 10.5. The minimum Gasteiger partial charge on any atom is -0.311 e. The molecule has 2 fully saturated rings. The van der Waals surface area contributed by atoms with E-state index >= 15 is 0 Å². The van der Waals surface area contributed by atoms with Gasteiger partial charge in [-0.1, -0.05) is 6.08 Å². The predicted molar refractivity (Wildman–Crippen MR) is 64.7 cm³/mol. The summed E-state index contributed by atoms with van der Waals surface area (Å²) in [7, 11) is -1.44. The fourth-order valence-corrected chi connectivity index (χ4v) is 3.98. The summed E-state index contributed by atoms with van der Waals surface area (Å²) in [4.78, 5) is 0. The zero-order valence-electron chi connectivity index (χ0n) is 9.72. The Morgan fingerprint density at radius 1 is 1.38 bits per heavy atom. The van der Waals surface area contributed by atoms with E-state index in [1.807, 2.05) is 0 Å². The van der Waals surface area contributed by atoms with Gasteiger partial charge in [-0.05, 0) is 25.7 Å². The highest BCUT2D eigenvalue weighted by molar-refractivity contribution is 7.89. The number of rotatable bonds is 4. The molecule has 92 valence electrons. The Morgan fingerprint density at radius 2 is 1.94 bits per heavy atom. The topological polar surface area (TPSA) is 49.4 Å². The summed E-state index contributed by atoms with van der Waals surface area (Å²) in [6.07, 6.45) is 5.74. The molecular formula is C11H20N2O2S. The number of nitrogens with one attached hydrogen (secondary N) is 1. The van der Waals surface area contributed by atoms with Crippen LogP contribution in [0.4, 0.5) is 0 Å². The fraction of sp³-hybridized carbons (Fsp3) is 0.818. The molecule has 2 heterocycles. The molecule has 2 rings (SSSR count). The zero-order chi connectivity index (χ0) is 11.8. The maximum absolute atomic E-state index is 11.9. The Bertz CT molecular complexity index is 354. The van der Waals surface area contributed by atoms with Crippen molar-refractivity contribution in [3.8, 4) is 0 Å². The molecule has 2 aliphatic rings. The van der Waals surface area contributed by atoms with Gasteiger partial charge in [-0.25, -0.2) is 12.7 Å². The van der Waals surface area contributed by atoms with Crippen molar-refractivity contribution in [2.45, 2.75) is 43.8 Å². The molecule has 0 saturated carbocycles. The molecule has 4 nitrogen and oxygen atoms in total. The molecule has 0 amide bonds. The average Bonchev–Trinajstić information content (AvgIpc) is 2.56. The van der Waals surface area contributed by atoms with Crippen molar-refractivity contribution in [1.82, 2.24) is 9.62 Å². The van der Waals surface area contributed by atoms with Crippen molar-refractivity contribution in [3.05, 3.63) is 12.7 Å². The van der Waals surface area contributed by atoms with Gasteiger partial charge in [0.15, 0.2) is 0 Å². The van der Waals surface area contributed by atoms with Gasteiger partial charge in [0.05, 0.1) is 5.75 Å². The highest BCUT2D eigenvalue weighted by Crippen LogP contribution is 2.30. The lowest BCUT2D eigenvalue weighted by atomic mass is 10.0. The Kier molecular flexibility index (Phi) is 3.37. The third kappa shape index (κ3) is 2.31. The highest BCUT2D eigenvalue weighted by Gasteiger charge is 2.37. The van der Waals surface area contributed by atoms with E-state index in [1.165, 1.54) is 18.9 Å². The second-order valence-corrected chi connectivity index (χ2v) is 6.92. The molecule has 0 aromatic heterocycles. The molecule has 2 bridgehead atoms. The maximum Gasteiger partial charge on any atom is 0.217 e. The summed E-state index contributed by atoms with van der Waals surface area (Å²) in [5.74, 6) is 0.0444. The second-order valence-electron chi connectivity index (χ2n) is 4.85. The molecule has 1 N–H and O–H groups in total. The van der Waals surface area contributed by atoms with Crippen molar-refractivity contribution < 1.29 is 8.42 Å². The molecule has 2 aliphatic heterocycles. The van der Waals surface area contributed by atoms with E-state index in [9.17, 15) is 8.42 Å². The van der Waals surface area contributed by atoms with E-state index in [0.29, 0.717) is 12.1 Å². The van der Waals surface area contributed by atoms with Crippen LogP contribution in [0.5, 0.6) is 0 Å². The standard InChI is InChI=1S/C11H20N2O2S/c1-3-6-16(14,15)13(2)11-7-9-4-5-10(8-11)12-9/h3,9-12H,1,4-8H2,2H3. The Hall–Kier alpha value is -0.390. The summed E-state index contributed by atoms with van der Waals surface area (Å²) in [6.45, 7) is 3.50. The summed E-state index contributed by atoms with van der Waals surface area (Å²) < 4.78 is 25.4. The Labute approximate surface area is 97.8 Å². The molecular weight excluding hydrogens is 224 g/mol. The molecule has 5 heteroatoms. The molecule has 2 unspecified atom stereocenters. The molecule has 0 spiro atoms. The molecule has 0 radical (unpaired) electrons. The second kappa shape index (κ2) is 4.47. The first-order valence-electron chi connectivity index (χ1n) is 5.85. The van der Waals surface area contributed by atoms with Gasteiger partial charge in [0.2, 0.25) is 10.0 Å². The van der Waals surface area contributed by atoms with Crippen LogP contribution in [0.25, 0.3) is 0 Å². The van der Waals surface area contributed by atoms with Crippen LogP contribution in [0, 0.1) is 0 Å². The van der Waals surface area contributed by atoms with Crippen molar-refractivity contribution in [2.75, 3.05) is 12.8 Å². The molecule has 2 saturated heterocycles. The summed E-state index contributed by atoms with van der Waals surface area (Å²) >= 11 is 0. The number of nitrogens with zero attached hydrogens (tertiary/aromatic N) is 1. The van der Waals surface area contributed by atoms with Gasteiger partial charge in [0.25, 0.3) is 0 Å². The maximum atomic E-state index is 11.9. The largest absolute Gasteiger partial charge is 0.311 e. The quantitative estimate of drug-likeness (QED) is 0.741. The van der Waals surface area contributed by atoms with E-state index in [1.54, 1.807) is 11.4 Å². The normalized spacial score (nSPS) is 34.2. The van der Waals surface area contributed by atoms with Crippen LogP contribution < -0.4 is 5.32 Å². The van der Waals surface area contributed by atoms with Crippen LogP contribution in [-0.2, 0) is 10.0 Å². The molecule has 16 heavy (non-hydrogen) atoms. The summed E-state index contributed by atoms with van der Waals surface area (Å²) in [5, 5.41) is 3.52. The van der Waals surface area contributed by atoms with E-state index in [0.717, 1.165) is 12.8 Å². The van der Waals surface area contributed by atoms with Crippen LogP contribution in [-0.4, -0.2) is 43.6 Å². The molecule has 2 atom stereocenters. The van der Waals surface area contributed by atoms with Crippen LogP contribution in [0.2, 0.25) is 0 Å². The summed E-state index contributed by atoms with van der Waals surface area (Å²) in [5.41, 5.74) is 0. The molecule has 0 aromatic rings. The van der Waals surface area contributed by atoms with Crippen molar-refractivity contribution in [3.63, 3.8) is 0 Å². The van der Waals surface area contributed by atoms with Crippen LogP contribution in [0.1, 0.15) is 25.7 Å². The van der Waals surface area contributed by atoms with Crippen molar-refractivity contribution in [2.24, 2.45) is 0 Å². The lowest BCUT2D eigenvalue weighted by molar-refractivity contribution is 0.252. The molecule has 0 aromatic carbocycles. The van der Waals surface area contributed by atoms with Gasteiger partial charge in [0, 0.05) is 25.2 Å². The van der Waals surface area contributed by atoms with Gasteiger partial charge >= 0.3 is 0 Å². The number of fused-ring (bicyclic) bond motifs is 2. The van der Waals surface area contributed by atoms with Gasteiger partial charge in [-0.15, -0.1) is 6.58 Å². The fourth-order valence-electron chi connectivity index (χ4n) is 2.82. The SMILES string of the molecule is C=CCS(=O)(=O)N(C)C1CC2CCC(C1)N2. The minimum absolute atomic E-state index is 0.0444. The number of sulfonamides is 1. The first-order valence-corrected chi connectivity index (χ1v) is 7.46. The van der Waals surface area contributed by atoms with Gasteiger partial charge in [-0.3, -0.25) is 0 Å². The van der Waals surface area contributed by atoms with Gasteiger partial charge < -0.3 is 5.32 Å². The average molecular weight is 244 g/mol. The predicted octanol–water partition coefficient (Wildman–Crippen LogP) is 0.717. The minimum atomic E-state index is -3.14. The van der Waals surface area contributed by atoms with Crippen molar-refractivity contribution >= 4 is 10.0 Å². The van der Waals surface area contributed by atoms with E-state index in [2.05, 4.69) is 11.9 Å². The van der Waals surface area contributed by atoms with Crippen molar-refractivity contribution in [1.29, 1.82) is 0 Å². The van der Waals surface area contributed by atoms with Crippen LogP contribution in [0.3, 0.4) is 0 Å². The Balaban J connectivity index is 2.05. The summed E-state index contributed by atoms with van der Waals surface area (Å²) in [6, 6.07) is 1.21. The number of piperidine rings is 1. The third-order valence-corrected chi connectivity index (χ3v) is 5.56. The van der Waals surface area contributed by atoms with Crippen LogP contribution >= 0.6 is 0 Å². The van der Waals surface area contributed by atoms with E-state index < -0.39 is 10.0 Å². The monoisotopic (exact) mass is 244 g/mol. The number of hydrogen-bond donors (Lipinski definition) is 1. The van der Waals surface area contributed by atoms with E-state index in [4.69, 9.17) is 0 Å². The molecule has 0 aliphatic carbocycles. The lowest BCUT2D eigenvalue weighted by Crippen LogP contribution is -2.49. The smallest absolute Gasteiger partial charge is 0.217 e. The number of hydrogen-bond acceptors (Lipinski definition) is 3. The lowest BCUT2D eigenvalue weighted by Gasteiger charge is -2.34. The van der Waals surface area contributed by atoms with Crippen LogP contribution in [0.15, 0.2) is 12.7 Å². The van der Waals surface area contributed by atoms with E-state index in [-0.39, 0.29) is 11.8 Å². The Morgan fingerprint density at radius 3 is 2.44 bits per heavy atom. The first kappa shape index (κ1) is 12.1. The highest BCUT2D eigenvalue weighted by atomic mass is 32.2. The van der Waals surface area contributed by atoms with Gasteiger partial charge in [0.1, 0.15) is 0 Å².